The molecule has 1 aromatic heterocycles. The number of hydrogen-bond acceptors (Lipinski definition) is 3. The van der Waals surface area contributed by atoms with E-state index in [1.165, 1.54) is 0 Å². The molecule has 0 spiro atoms. The molecule has 1 aromatic rings. The van der Waals surface area contributed by atoms with Gasteiger partial charge in [0.25, 0.3) is 0 Å². The Kier molecular flexibility index (Phi) is 2.65. The van der Waals surface area contributed by atoms with Crippen LogP contribution in [0.25, 0.3) is 0 Å². The zero-order valence-electron chi connectivity index (χ0n) is 9.11. The van der Waals surface area contributed by atoms with Crippen LogP contribution in [-0.2, 0) is 6.42 Å². The Morgan fingerprint density at radius 2 is 2.47 bits per heavy atom. The number of nitrogen functional groups attached to an aromatic ring is 1. The summed E-state index contributed by atoms with van der Waals surface area (Å²) >= 11 is 0. The second-order valence-electron chi connectivity index (χ2n) is 4.80. The summed E-state index contributed by atoms with van der Waals surface area (Å²) in [6.07, 6.45) is 5.18. The van der Waals surface area contributed by atoms with Crippen molar-refractivity contribution in [1.29, 1.82) is 0 Å². The van der Waals surface area contributed by atoms with Crippen molar-refractivity contribution < 1.29 is 5.11 Å². The zero-order chi connectivity index (χ0) is 10.9. The Morgan fingerprint density at radius 3 is 3.07 bits per heavy atom. The predicted octanol–water partition coefficient (Wildman–Crippen LogP) is 1.76. The molecule has 2 unspecified atom stereocenters. The summed E-state index contributed by atoms with van der Waals surface area (Å²) in [7, 11) is 0. The maximum atomic E-state index is 10.4. The lowest BCUT2D eigenvalue weighted by Gasteiger charge is -2.23. The minimum absolute atomic E-state index is 0.547. The lowest BCUT2D eigenvalue weighted by Crippen LogP contribution is -2.28. The third kappa shape index (κ3) is 2.29. The van der Waals surface area contributed by atoms with Crippen molar-refractivity contribution in [2.75, 3.05) is 5.73 Å². The molecule has 1 aliphatic carbocycles. The number of aromatic nitrogens is 1. The fourth-order valence-electron chi connectivity index (χ4n) is 2.48. The Hall–Kier alpha value is -1.09. The molecule has 15 heavy (non-hydrogen) atoms. The van der Waals surface area contributed by atoms with E-state index in [0.717, 1.165) is 24.8 Å². The highest BCUT2D eigenvalue weighted by Crippen LogP contribution is 2.37. The molecule has 1 aliphatic rings. The Labute approximate surface area is 90.3 Å². The van der Waals surface area contributed by atoms with Crippen LogP contribution in [0.5, 0.6) is 0 Å². The van der Waals surface area contributed by atoms with Gasteiger partial charge in [0.05, 0.1) is 5.60 Å². The topological polar surface area (TPSA) is 59.1 Å². The van der Waals surface area contributed by atoms with Gasteiger partial charge in [-0.3, -0.25) is 0 Å². The second kappa shape index (κ2) is 3.81. The molecule has 0 radical (unpaired) electrons. The normalized spacial score (nSPS) is 30.7. The van der Waals surface area contributed by atoms with Crippen LogP contribution in [0.1, 0.15) is 31.7 Å². The first kappa shape index (κ1) is 10.4. The summed E-state index contributed by atoms with van der Waals surface area (Å²) in [6, 6.07) is 3.82. The highest BCUT2D eigenvalue weighted by molar-refractivity contribution is 5.39. The third-order valence-corrected chi connectivity index (χ3v) is 3.28. The van der Waals surface area contributed by atoms with Crippen LogP contribution < -0.4 is 5.73 Å². The van der Waals surface area contributed by atoms with Crippen LogP contribution in [-0.4, -0.2) is 15.7 Å². The first-order valence-electron chi connectivity index (χ1n) is 5.51. The molecular weight excluding hydrogens is 188 g/mol. The molecule has 2 rings (SSSR count). The van der Waals surface area contributed by atoms with Gasteiger partial charge in [-0.15, -0.1) is 0 Å². The highest BCUT2D eigenvalue weighted by atomic mass is 16.3. The Balaban J connectivity index is 2.12. The van der Waals surface area contributed by atoms with E-state index in [2.05, 4.69) is 11.9 Å². The van der Waals surface area contributed by atoms with Crippen molar-refractivity contribution in [3.63, 3.8) is 0 Å². The molecule has 3 N–H and O–H groups in total. The molecule has 3 heteroatoms. The van der Waals surface area contributed by atoms with Gasteiger partial charge < -0.3 is 10.8 Å². The van der Waals surface area contributed by atoms with Crippen LogP contribution in [0.4, 0.5) is 5.82 Å². The Bertz CT molecular complexity index is 353. The number of nitrogens with zero attached hydrogens (tertiary/aromatic N) is 1. The molecule has 1 fully saturated rings. The van der Waals surface area contributed by atoms with Gasteiger partial charge in [0, 0.05) is 12.6 Å². The third-order valence-electron chi connectivity index (χ3n) is 3.28. The summed E-state index contributed by atoms with van der Waals surface area (Å²) in [6.45, 7) is 2.19. The van der Waals surface area contributed by atoms with Crippen LogP contribution >= 0.6 is 0 Å². The van der Waals surface area contributed by atoms with Gasteiger partial charge in [0.15, 0.2) is 0 Å². The van der Waals surface area contributed by atoms with E-state index in [0.29, 0.717) is 18.2 Å². The average Bonchev–Trinajstić information content (AvgIpc) is 2.51. The lowest BCUT2D eigenvalue weighted by molar-refractivity contribution is 0.0447. The molecule has 2 atom stereocenters. The van der Waals surface area contributed by atoms with Gasteiger partial charge >= 0.3 is 0 Å². The van der Waals surface area contributed by atoms with Gasteiger partial charge in [-0.1, -0.05) is 13.0 Å². The number of nitrogens with two attached hydrogens (primary N) is 1. The first-order chi connectivity index (χ1) is 7.09. The Morgan fingerprint density at radius 1 is 1.67 bits per heavy atom. The summed E-state index contributed by atoms with van der Waals surface area (Å²) in [5.74, 6) is 1.17. The molecule has 1 saturated carbocycles. The molecule has 0 aliphatic heterocycles. The summed E-state index contributed by atoms with van der Waals surface area (Å²) in [4.78, 5) is 4.04. The number of anilines is 1. The van der Waals surface area contributed by atoms with E-state index in [4.69, 9.17) is 5.73 Å². The second-order valence-corrected chi connectivity index (χ2v) is 4.80. The number of hydrogen-bond donors (Lipinski definition) is 2. The molecule has 1 heterocycles. The average molecular weight is 206 g/mol. The molecule has 0 saturated heterocycles. The quantitative estimate of drug-likeness (QED) is 0.775. The lowest BCUT2D eigenvalue weighted by atomic mass is 9.92. The highest BCUT2D eigenvalue weighted by Gasteiger charge is 2.35. The molecule has 82 valence electrons. The SMILES string of the molecule is CC1CCC(O)(Cc2cccnc2N)C1. The summed E-state index contributed by atoms with van der Waals surface area (Å²) < 4.78 is 0. The van der Waals surface area contributed by atoms with Crippen molar-refractivity contribution in [3.05, 3.63) is 23.9 Å². The van der Waals surface area contributed by atoms with E-state index in [1.54, 1.807) is 6.20 Å². The van der Waals surface area contributed by atoms with Gasteiger partial charge in [0.1, 0.15) is 5.82 Å². The van der Waals surface area contributed by atoms with E-state index in [9.17, 15) is 5.11 Å². The maximum Gasteiger partial charge on any atom is 0.126 e. The van der Waals surface area contributed by atoms with Crippen molar-refractivity contribution in [2.24, 2.45) is 5.92 Å². The van der Waals surface area contributed by atoms with Crippen LogP contribution in [0.3, 0.4) is 0 Å². The van der Waals surface area contributed by atoms with Gasteiger partial charge in [-0.05, 0) is 36.8 Å². The standard InChI is InChI=1S/C12H18N2O/c1-9-4-5-12(15,7-9)8-10-3-2-6-14-11(10)13/h2-3,6,9,15H,4-5,7-8H2,1H3,(H2,13,14). The van der Waals surface area contributed by atoms with Gasteiger partial charge in [-0.2, -0.15) is 0 Å². The predicted molar refractivity (Wildman–Crippen MR) is 60.3 cm³/mol. The fourth-order valence-corrected chi connectivity index (χ4v) is 2.48. The smallest absolute Gasteiger partial charge is 0.126 e. The number of aliphatic hydroxyl groups is 1. The van der Waals surface area contributed by atoms with Crippen LogP contribution in [0, 0.1) is 5.92 Å². The molecule has 0 aromatic carbocycles. The van der Waals surface area contributed by atoms with E-state index in [-0.39, 0.29) is 0 Å². The number of rotatable bonds is 2. The van der Waals surface area contributed by atoms with Crippen molar-refractivity contribution in [1.82, 2.24) is 4.98 Å². The van der Waals surface area contributed by atoms with E-state index in [1.807, 2.05) is 12.1 Å². The zero-order valence-corrected chi connectivity index (χ0v) is 9.11. The molecule has 3 nitrogen and oxygen atoms in total. The monoisotopic (exact) mass is 206 g/mol. The number of pyridine rings is 1. The molecular formula is C12H18N2O. The molecule has 0 bridgehead atoms. The summed E-state index contributed by atoms with van der Waals surface area (Å²) in [5.41, 5.74) is 6.18. The summed E-state index contributed by atoms with van der Waals surface area (Å²) in [5, 5.41) is 10.4. The van der Waals surface area contributed by atoms with E-state index >= 15 is 0 Å². The largest absolute Gasteiger partial charge is 0.390 e. The first-order valence-corrected chi connectivity index (χ1v) is 5.51. The van der Waals surface area contributed by atoms with E-state index < -0.39 is 5.60 Å². The van der Waals surface area contributed by atoms with Gasteiger partial charge in [-0.25, -0.2) is 4.98 Å². The van der Waals surface area contributed by atoms with Gasteiger partial charge in [0.2, 0.25) is 0 Å². The minimum Gasteiger partial charge on any atom is -0.390 e. The molecule has 0 amide bonds. The van der Waals surface area contributed by atoms with Crippen molar-refractivity contribution in [3.8, 4) is 0 Å². The fraction of sp³-hybridized carbons (Fsp3) is 0.583. The van der Waals surface area contributed by atoms with Crippen molar-refractivity contribution >= 4 is 5.82 Å². The van der Waals surface area contributed by atoms with Crippen LogP contribution in [0.2, 0.25) is 0 Å². The van der Waals surface area contributed by atoms with Crippen molar-refractivity contribution in [2.45, 2.75) is 38.2 Å². The maximum absolute atomic E-state index is 10.4. The van der Waals surface area contributed by atoms with Crippen LogP contribution in [0.15, 0.2) is 18.3 Å². The minimum atomic E-state index is -0.559.